The maximum absolute atomic E-state index is 5.55. The fourth-order valence-electron chi connectivity index (χ4n) is 1.66. The summed E-state index contributed by atoms with van der Waals surface area (Å²) in [7, 11) is 0. The standard InChI is InChI=1S/C16H26N2O/c1-4-5-6-9-19-13-16-8-7-15(12-18-16)11-17-10-14(2)3/h4,7-8,12,14,17H,1,5-6,9-11,13H2,2-3H3. The number of hydrogen-bond acceptors (Lipinski definition) is 3. The Labute approximate surface area is 117 Å². The van der Waals surface area contributed by atoms with Crippen LogP contribution in [0.4, 0.5) is 0 Å². The van der Waals surface area contributed by atoms with Gasteiger partial charge in [0.15, 0.2) is 0 Å². The molecule has 0 radical (unpaired) electrons. The first-order valence-corrected chi connectivity index (χ1v) is 7.05. The van der Waals surface area contributed by atoms with E-state index >= 15 is 0 Å². The highest BCUT2D eigenvalue weighted by atomic mass is 16.5. The number of unbranched alkanes of at least 4 members (excludes halogenated alkanes) is 1. The topological polar surface area (TPSA) is 34.1 Å². The maximum Gasteiger partial charge on any atom is 0.0887 e. The summed E-state index contributed by atoms with van der Waals surface area (Å²) in [6, 6.07) is 4.16. The van der Waals surface area contributed by atoms with Gasteiger partial charge in [-0.1, -0.05) is 26.0 Å². The molecule has 0 saturated carbocycles. The molecular formula is C16H26N2O. The Bertz CT molecular complexity index is 346. The lowest BCUT2D eigenvalue weighted by Gasteiger charge is -2.08. The van der Waals surface area contributed by atoms with E-state index < -0.39 is 0 Å². The minimum Gasteiger partial charge on any atom is -0.375 e. The molecule has 3 nitrogen and oxygen atoms in total. The molecule has 1 aromatic rings. The van der Waals surface area contributed by atoms with Crippen LogP contribution >= 0.6 is 0 Å². The van der Waals surface area contributed by atoms with Crippen LogP contribution in [0.1, 0.15) is 37.9 Å². The number of hydrogen-bond donors (Lipinski definition) is 1. The number of nitrogens with one attached hydrogen (secondary N) is 1. The molecule has 0 amide bonds. The van der Waals surface area contributed by atoms with Gasteiger partial charge >= 0.3 is 0 Å². The molecule has 0 aromatic carbocycles. The maximum atomic E-state index is 5.55. The van der Waals surface area contributed by atoms with Crippen molar-refractivity contribution in [3.05, 3.63) is 42.2 Å². The average Bonchev–Trinajstić information content (AvgIpc) is 2.40. The van der Waals surface area contributed by atoms with Crippen LogP contribution < -0.4 is 5.32 Å². The highest BCUT2D eigenvalue weighted by Crippen LogP contribution is 2.03. The molecule has 0 bridgehead atoms. The van der Waals surface area contributed by atoms with E-state index in [1.54, 1.807) is 0 Å². The van der Waals surface area contributed by atoms with Crippen molar-refractivity contribution in [2.75, 3.05) is 13.2 Å². The number of nitrogens with zero attached hydrogens (tertiary/aromatic N) is 1. The van der Waals surface area contributed by atoms with Gasteiger partial charge in [-0.05, 0) is 36.9 Å². The first kappa shape index (κ1) is 15.9. The Kier molecular flexibility index (Phi) is 8.10. The quantitative estimate of drug-likeness (QED) is 0.519. The van der Waals surface area contributed by atoms with Crippen molar-refractivity contribution in [2.45, 2.75) is 39.8 Å². The predicted octanol–water partition coefficient (Wildman–Crippen LogP) is 3.31. The van der Waals surface area contributed by atoms with Crippen LogP contribution in [0.15, 0.2) is 31.0 Å². The van der Waals surface area contributed by atoms with E-state index in [9.17, 15) is 0 Å². The van der Waals surface area contributed by atoms with Gasteiger partial charge in [0.05, 0.1) is 12.3 Å². The van der Waals surface area contributed by atoms with Crippen LogP contribution in [0.25, 0.3) is 0 Å². The first-order valence-electron chi connectivity index (χ1n) is 7.05. The van der Waals surface area contributed by atoms with Gasteiger partial charge < -0.3 is 10.1 Å². The molecule has 0 spiro atoms. The number of rotatable bonds is 10. The van der Waals surface area contributed by atoms with Crippen LogP contribution in [-0.2, 0) is 17.9 Å². The molecule has 19 heavy (non-hydrogen) atoms. The Morgan fingerprint density at radius 3 is 2.89 bits per heavy atom. The van der Waals surface area contributed by atoms with Crippen molar-refractivity contribution >= 4 is 0 Å². The number of ether oxygens (including phenoxy) is 1. The highest BCUT2D eigenvalue weighted by Gasteiger charge is 1.98. The third-order valence-electron chi connectivity index (χ3n) is 2.71. The number of allylic oxidation sites excluding steroid dienone is 1. The molecule has 1 heterocycles. The van der Waals surface area contributed by atoms with Gasteiger partial charge in [0, 0.05) is 19.3 Å². The lowest BCUT2D eigenvalue weighted by atomic mass is 10.2. The van der Waals surface area contributed by atoms with E-state index in [-0.39, 0.29) is 0 Å². The van der Waals surface area contributed by atoms with Gasteiger partial charge in [-0.2, -0.15) is 0 Å². The van der Waals surface area contributed by atoms with Crippen molar-refractivity contribution in [1.29, 1.82) is 0 Å². The number of pyridine rings is 1. The minimum atomic E-state index is 0.594. The Hall–Kier alpha value is -1.19. The summed E-state index contributed by atoms with van der Waals surface area (Å²) in [5.41, 5.74) is 2.21. The van der Waals surface area contributed by atoms with E-state index in [4.69, 9.17) is 4.74 Å². The SMILES string of the molecule is C=CCCCOCc1ccc(CNCC(C)C)cn1. The Morgan fingerprint density at radius 2 is 2.26 bits per heavy atom. The summed E-state index contributed by atoms with van der Waals surface area (Å²) >= 11 is 0. The third-order valence-corrected chi connectivity index (χ3v) is 2.71. The second-order valence-electron chi connectivity index (χ2n) is 5.17. The van der Waals surface area contributed by atoms with Crippen LogP contribution in [0, 0.1) is 5.92 Å². The summed E-state index contributed by atoms with van der Waals surface area (Å²) in [6.45, 7) is 11.4. The average molecular weight is 262 g/mol. The molecule has 1 rings (SSSR count). The van der Waals surface area contributed by atoms with E-state index in [1.807, 2.05) is 18.3 Å². The molecule has 1 N–H and O–H groups in total. The monoisotopic (exact) mass is 262 g/mol. The van der Waals surface area contributed by atoms with Gasteiger partial charge in [-0.15, -0.1) is 6.58 Å². The zero-order valence-electron chi connectivity index (χ0n) is 12.2. The van der Waals surface area contributed by atoms with Gasteiger partial charge in [0.25, 0.3) is 0 Å². The molecule has 1 aromatic heterocycles. The molecule has 3 heteroatoms. The largest absolute Gasteiger partial charge is 0.375 e. The summed E-state index contributed by atoms with van der Waals surface area (Å²) in [6.07, 6.45) is 5.88. The molecule has 0 aliphatic heterocycles. The smallest absolute Gasteiger partial charge is 0.0887 e. The van der Waals surface area contributed by atoms with Gasteiger partial charge in [0.2, 0.25) is 0 Å². The fourth-order valence-corrected chi connectivity index (χ4v) is 1.66. The Balaban J connectivity index is 2.21. The second-order valence-corrected chi connectivity index (χ2v) is 5.17. The van der Waals surface area contributed by atoms with Crippen LogP contribution in [0.5, 0.6) is 0 Å². The second kappa shape index (κ2) is 9.70. The lowest BCUT2D eigenvalue weighted by Crippen LogP contribution is -2.19. The van der Waals surface area contributed by atoms with Crippen molar-refractivity contribution in [3.8, 4) is 0 Å². The van der Waals surface area contributed by atoms with Crippen LogP contribution in [0.2, 0.25) is 0 Å². The highest BCUT2D eigenvalue weighted by molar-refractivity contribution is 5.13. The van der Waals surface area contributed by atoms with Crippen molar-refractivity contribution in [1.82, 2.24) is 10.3 Å². The third kappa shape index (κ3) is 7.75. The van der Waals surface area contributed by atoms with E-state index in [0.29, 0.717) is 12.5 Å². The molecule has 0 fully saturated rings. The molecule has 0 aliphatic carbocycles. The molecule has 0 saturated heterocycles. The van der Waals surface area contributed by atoms with Crippen molar-refractivity contribution in [2.24, 2.45) is 5.92 Å². The van der Waals surface area contributed by atoms with E-state index in [1.165, 1.54) is 5.56 Å². The molecule has 106 valence electrons. The first-order chi connectivity index (χ1) is 9.22. The molecule has 0 aliphatic rings. The lowest BCUT2D eigenvalue weighted by molar-refractivity contribution is 0.116. The van der Waals surface area contributed by atoms with Gasteiger partial charge in [0.1, 0.15) is 0 Å². The summed E-state index contributed by atoms with van der Waals surface area (Å²) < 4.78 is 5.55. The zero-order valence-corrected chi connectivity index (χ0v) is 12.2. The van der Waals surface area contributed by atoms with E-state index in [0.717, 1.165) is 38.2 Å². The fraction of sp³-hybridized carbons (Fsp3) is 0.562. The normalized spacial score (nSPS) is 10.9. The summed E-state index contributed by atoms with van der Waals surface area (Å²) in [5, 5.41) is 3.41. The summed E-state index contributed by atoms with van der Waals surface area (Å²) in [5.74, 6) is 0.677. The predicted molar refractivity (Wildman–Crippen MR) is 79.9 cm³/mol. The van der Waals surface area contributed by atoms with Gasteiger partial charge in [-0.25, -0.2) is 0 Å². The van der Waals surface area contributed by atoms with Crippen molar-refractivity contribution < 1.29 is 4.74 Å². The van der Waals surface area contributed by atoms with Crippen LogP contribution in [0.3, 0.4) is 0 Å². The summed E-state index contributed by atoms with van der Waals surface area (Å²) in [4.78, 5) is 4.41. The minimum absolute atomic E-state index is 0.594. The van der Waals surface area contributed by atoms with Gasteiger partial charge in [-0.3, -0.25) is 4.98 Å². The molecule has 0 atom stereocenters. The molecular weight excluding hydrogens is 236 g/mol. The van der Waals surface area contributed by atoms with E-state index in [2.05, 4.69) is 36.8 Å². The Morgan fingerprint density at radius 1 is 1.42 bits per heavy atom. The zero-order chi connectivity index (χ0) is 13.9. The van der Waals surface area contributed by atoms with Crippen LogP contribution in [-0.4, -0.2) is 18.1 Å². The molecule has 0 unspecified atom stereocenters. The van der Waals surface area contributed by atoms with Crippen molar-refractivity contribution in [3.63, 3.8) is 0 Å². The number of aromatic nitrogens is 1.